The fraction of sp³-hybridized carbons (Fsp3) is 0.292. The van der Waals surface area contributed by atoms with Crippen LogP contribution in [0.25, 0.3) is 0 Å². The van der Waals surface area contributed by atoms with E-state index in [0.29, 0.717) is 11.8 Å². The minimum atomic E-state index is -4.32. The van der Waals surface area contributed by atoms with Crippen molar-refractivity contribution in [2.24, 2.45) is 5.92 Å². The highest BCUT2D eigenvalue weighted by Gasteiger charge is 2.34. The Bertz CT molecular complexity index is 861. The van der Waals surface area contributed by atoms with Gasteiger partial charge >= 0.3 is 6.18 Å². The Morgan fingerprint density at radius 2 is 1.34 bits per heavy atom. The van der Waals surface area contributed by atoms with Crippen molar-refractivity contribution in [2.75, 3.05) is 18.0 Å². The van der Waals surface area contributed by atoms with E-state index in [1.807, 2.05) is 12.1 Å². The van der Waals surface area contributed by atoms with Gasteiger partial charge in [-0.3, -0.25) is 4.90 Å². The lowest BCUT2D eigenvalue weighted by Crippen LogP contribution is -2.38. The summed E-state index contributed by atoms with van der Waals surface area (Å²) in [5, 5.41) is 0. The SMILES string of the molecule is FC(F)(F)c1ccc(N2CCC(C(c3ccccc3)c3ccccc3)CC2)[nH+]c1. The van der Waals surface area contributed by atoms with E-state index in [-0.39, 0.29) is 0 Å². The Labute approximate surface area is 169 Å². The number of aromatic nitrogens is 1. The molecule has 0 radical (unpaired) electrons. The van der Waals surface area contributed by atoms with Crippen LogP contribution in [0.3, 0.4) is 0 Å². The van der Waals surface area contributed by atoms with Crippen LogP contribution >= 0.6 is 0 Å². The Morgan fingerprint density at radius 3 is 1.79 bits per heavy atom. The van der Waals surface area contributed by atoms with E-state index in [9.17, 15) is 13.2 Å². The van der Waals surface area contributed by atoms with Gasteiger partial charge in [-0.15, -0.1) is 0 Å². The van der Waals surface area contributed by atoms with Gasteiger partial charge in [0.05, 0.1) is 18.7 Å². The maximum absolute atomic E-state index is 12.8. The molecular formula is C24H24F3N2+. The van der Waals surface area contributed by atoms with Crippen LogP contribution in [0.4, 0.5) is 19.0 Å². The topological polar surface area (TPSA) is 17.4 Å². The molecule has 4 rings (SSSR count). The van der Waals surface area contributed by atoms with Crippen LogP contribution in [0.15, 0.2) is 79.0 Å². The van der Waals surface area contributed by atoms with Crippen molar-refractivity contribution < 1.29 is 18.2 Å². The maximum atomic E-state index is 12.8. The lowest BCUT2D eigenvalue weighted by atomic mass is 9.76. The summed E-state index contributed by atoms with van der Waals surface area (Å²) in [7, 11) is 0. The second kappa shape index (κ2) is 8.27. The number of piperidine rings is 1. The predicted octanol–water partition coefficient (Wildman–Crippen LogP) is 5.57. The first-order valence-electron chi connectivity index (χ1n) is 9.96. The van der Waals surface area contributed by atoms with Crippen LogP contribution in [-0.4, -0.2) is 13.1 Å². The molecule has 0 amide bonds. The minimum Gasteiger partial charge on any atom is -0.262 e. The molecule has 150 valence electrons. The van der Waals surface area contributed by atoms with E-state index in [1.54, 1.807) is 0 Å². The highest BCUT2D eigenvalue weighted by molar-refractivity contribution is 5.37. The summed E-state index contributed by atoms with van der Waals surface area (Å²) >= 11 is 0. The molecule has 0 saturated carbocycles. The second-order valence-electron chi connectivity index (χ2n) is 7.58. The third-order valence-corrected chi connectivity index (χ3v) is 5.79. The maximum Gasteiger partial charge on any atom is 0.419 e. The number of hydrogen-bond donors (Lipinski definition) is 0. The largest absolute Gasteiger partial charge is 0.419 e. The minimum absolute atomic E-state index is 0.330. The zero-order chi connectivity index (χ0) is 20.3. The molecule has 3 aromatic rings. The fourth-order valence-corrected chi connectivity index (χ4v) is 4.32. The van der Waals surface area contributed by atoms with Crippen molar-refractivity contribution >= 4 is 5.82 Å². The van der Waals surface area contributed by atoms with Gasteiger partial charge in [0.25, 0.3) is 5.82 Å². The zero-order valence-corrected chi connectivity index (χ0v) is 16.1. The number of aromatic amines is 1. The number of anilines is 1. The normalized spacial score (nSPS) is 15.7. The van der Waals surface area contributed by atoms with E-state index >= 15 is 0 Å². The molecule has 2 aromatic carbocycles. The molecule has 5 heteroatoms. The van der Waals surface area contributed by atoms with Crippen molar-refractivity contribution in [3.8, 4) is 0 Å². The number of benzene rings is 2. The van der Waals surface area contributed by atoms with Gasteiger partial charge in [0.15, 0.2) is 0 Å². The predicted molar refractivity (Wildman–Crippen MR) is 108 cm³/mol. The molecule has 1 aliphatic rings. The number of pyridine rings is 1. The highest BCUT2D eigenvalue weighted by Crippen LogP contribution is 2.38. The summed E-state index contributed by atoms with van der Waals surface area (Å²) in [6, 6.07) is 23.8. The fourth-order valence-electron chi connectivity index (χ4n) is 4.32. The number of hydrogen-bond acceptors (Lipinski definition) is 1. The van der Waals surface area contributed by atoms with Crippen LogP contribution < -0.4 is 9.88 Å². The molecule has 1 N–H and O–H groups in total. The lowest BCUT2D eigenvalue weighted by Gasteiger charge is -2.33. The summed E-state index contributed by atoms with van der Waals surface area (Å²) in [6.07, 6.45) is -1.29. The molecule has 0 aliphatic carbocycles. The summed E-state index contributed by atoms with van der Waals surface area (Å²) < 4.78 is 38.4. The summed E-state index contributed by atoms with van der Waals surface area (Å²) in [6.45, 7) is 1.64. The van der Waals surface area contributed by atoms with Gasteiger partial charge in [-0.25, -0.2) is 4.98 Å². The third kappa shape index (κ3) is 4.44. The standard InChI is InChI=1S/C24H23F3N2/c25-24(26,27)21-11-12-22(28-17-21)29-15-13-20(14-16-29)23(18-7-3-1-4-8-18)19-9-5-2-6-10-19/h1-12,17,20,23H,13-16H2/p+1. The van der Waals surface area contributed by atoms with Gasteiger partial charge in [-0.05, 0) is 36.0 Å². The molecule has 0 atom stereocenters. The van der Waals surface area contributed by atoms with Crippen LogP contribution in [0.2, 0.25) is 0 Å². The average Bonchev–Trinajstić information content (AvgIpc) is 2.76. The average molecular weight is 397 g/mol. The summed E-state index contributed by atoms with van der Waals surface area (Å²) in [5.74, 6) is 1.56. The Kier molecular flexibility index (Phi) is 5.56. The monoisotopic (exact) mass is 397 g/mol. The van der Waals surface area contributed by atoms with Crippen molar-refractivity contribution in [1.82, 2.24) is 0 Å². The highest BCUT2D eigenvalue weighted by atomic mass is 19.4. The van der Waals surface area contributed by atoms with Crippen molar-refractivity contribution in [1.29, 1.82) is 0 Å². The van der Waals surface area contributed by atoms with Crippen molar-refractivity contribution in [3.05, 3.63) is 95.7 Å². The Hall–Kier alpha value is -2.82. The molecule has 1 saturated heterocycles. The Balaban J connectivity index is 1.50. The van der Waals surface area contributed by atoms with E-state index in [0.717, 1.165) is 44.0 Å². The van der Waals surface area contributed by atoms with Gasteiger partial charge in [0, 0.05) is 12.0 Å². The third-order valence-electron chi connectivity index (χ3n) is 5.79. The van der Waals surface area contributed by atoms with Crippen LogP contribution in [-0.2, 0) is 6.18 Å². The number of alkyl halides is 3. The first-order valence-corrected chi connectivity index (χ1v) is 9.96. The number of nitrogens with zero attached hydrogens (tertiary/aromatic N) is 1. The Morgan fingerprint density at radius 1 is 0.793 bits per heavy atom. The molecule has 1 fully saturated rings. The quantitative estimate of drug-likeness (QED) is 0.563. The van der Waals surface area contributed by atoms with Gasteiger partial charge in [-0.2, -0.15) is 13.2 Å². The first kappa shape index (κ1) is 19.5. The number of nitrogens with one attached hydrogen (secondary N) is 1. The molecule has 0 spiro atoms. The van der Waals surface area contributed by atoms with E-state index in [1.165, 1.54) is 17.2 Å². The number of H-pyrrole nitrogens is 1. The molecule has 1 aliphatic heterocycles. The summed E-state index contributed by atoms with van der Waals surface area (Å²) in [4.78, 5) is 4.97. The van der Waals surface area contributed by atoms with Gasteiger partial charge in [-0.1, -0.05) is 60.7 Å². The van der Waals surface area contributed by atoms with E-state index in [4.69, 9.17) is 0 Å². The molecule has 0 bridgehead atoms. The molecular weight excluding hydrogens is 373 g/mol. The van der Waals surface area contributed by atoms with Crippen LogP contribution in [0, 0.1) is 5.92 Å². The smallest absolute Gasteiger partial charge is 0.262 e. The van der Waals surface area contributed by atoms with Gasteiger partial charge in [0.1, 0.15) is 6.20 Å². The van der Waals surface area contributed by atoms with E-state index < -0.39 is 11.7 Å². The van der Waals surface area contributed by atoms with Gasteiger partial charge in [0.2, 0.25) is 0 Å². The molecule has 2 heterocycles. The number of rotatable bonds is 4. The number of halogens is 3. The first-order chi connectivity index (χ1) is 14.0. The lowest BCUT2D eigenvalue weighted by molar-refractivity contribution is -0.367. The van der Waals surface area contributed by atoms with E-state index in [2.05, 4.69) is 58.4 Å². The van der Waals surface area contributed by atoms with Crippen molar-refractivity contribution in [3.63, 3.8) is 0 Å². The summed E-state index contributed by atoms with van der Waals surface area (Å²) in [5.41, 5.74) is 1.99. The van der Waals surface area contributed by atoms with Crippen LogP contribution in [0.5, 0.6) is 0 Å². The molecule has 29 heavy (non-hydrogen) atoms. The molecule has 1 aromatic heterocycles. The second-order valence-corrected chi connectivity index (χ2v) is 7.58. The molecule has 2 nitrogen and oxygen atoms in total. The zero-order valence-electron chi connectivity index (χ0n) is 16.1. The van der Waals surface area contributed by atoms with Crippen molar-refractivity contribution in [2.45, 2.75) is 24.9 Å². The van der Waals surface area contributed by atoms with Crippen LogP contribution in [0.1, 0.15) is 35.4 Å². The van der Waals surface area contributed by atoms with Gasteiger partial charge < -0.3 is 0 Å². The molecule has 0 unspecified atom stereocenters.